The number of benzene rings is 1. The zero-order valence-corrected chi connectivity index (χ0v) is 14.0. The number of aromatic nitrogens is 3. The van der Waals surface area contributed by atoms with Crippen LogP contribution in [0.4, 0.5) is 0 Å². The Balaban J connectivity index is 1.72. The molecule has 0 spiro atoms. The van der Waals surface area contributed by atoms with Gasteiger partial charge in [-0.15, -0.1) is 0 Å². The first-order chi connectivity index (χ1) is 11.1. The van der Waals surface area contributed by atoms with Gasteiger partial charge in [-0.25, -0.2) is 18.1 Å². The van der Waals surface area contributed by atoms with Crippen molar-refractivity contribution >= 4 is 10.0 Å². The van der Waals surface area contributed by atoms with Crippen molar-refractivity contribution in [3.8, 4) is 0 Å². The lowest BCUT2D eigenvalue weighted by Crippen LogP contribution is -2.27. The topological polar surface area (TPSA) is 87.7 Å². The number of H-pyrrole nitrogens is 1. The van der Waals surface area contributed by atoms with Gasteiger partial charge in [0, 0.05) is 0 Å². The summed E-state index contributed by atoms with van der Waals surface area (Å²) in [6.07, 6.45) is 7.60. The monoisotopic (exact) mass is 334 g/mol. The third-order valence-electron chi connectivity index (χ3n) is 4.44. The summed E-state index contributed by atoms with van der Waals surface area (Å²) < 4.78 is 27.5. The van der Waals surface area contributed by atoms with Gasteiger partial charge in [0.1, 0.15) is 12.2 Å². The fourth-order valence-electron chi connectivity index (χ4n) is 3.14. The number of nitrogens with one attached hydrogen (secondary N) is 2. The van der Waals surface area contributed by atoms with Crippen molar-refractivity contribution in [2.45, 2.75) is 55.9 Å². The summed E-state index contributed by atoms with van der Waals surface area (Å²) in [5, 5.41) is 6.41. The van der Waals surface area contributed by atoms with Gasteiger partial charge in [-0.3, -0.25) is 5.10 Å². The number of hydrogen-bond acceptors (Lipinski definition) is 4. The molecule has 3 rings (SSSR count). The van der Waals surface area contributed by atoms with Crippen molar-refractivity contribution in [2.24, 2.45) is 0 Å². The standard InChI is InChI=1S/C16H22N4O2S/c1-12(16-17-11-18-19-16)20-23(21,22)15-9-7-14(8-10-15)13-5-3-2-4-6-13/h7-13,20H,2-6H2,1H3,(H,17,18,19). The van der Waals surface area contributed by atoms with Crippen molar-refractivity contribution in [1.29, 1.82) is 0 Å². The van der Waals surface area contributed by atoms with Crippen LogP contribution in [0.1, 0.15) is 62.4 Å². The first-order valence-electron chi connectivity index (χ1n) is 8.04. The predicted molar refractivity (Wildman–Crippen MR) is 87.4 cm³/mol. The van der Waals surface area contributed by atoms with Gasteiger partial charge >= 0.3 is 0 Å². The summed E-state index contributed by atoms with van der Waals surface area (Å²) in [6, 6.07) is 6.83. The molecule has 1 unspecified atom stereocenters. The van der Waals surface area contributed by atoms with Gasteiger partial charge in [-0.05, 0) is 43.4 Å². The van der Waals surface area contributed by atoms with E-state index in [-0.39, 0.29) is 4.90 Å². The molecular formula is C16H22N4O2S. The first-order valence-corrected chi connectivity index (χ1v) is 9.52. The van der Waals surface area contributed by atoms with E-state index in [0.29, 0.717) is 11.7 Å². The van der Waals surface area contributed by atoms with Crippen LogP contribution in [0, 0.1) is 0 Å². The van der Waals surface area contributed by atoms with Crippen LogP contribution in [-0.4, -0.2) is 23.6 Å². The number of nitrogens with zero attached hydrogens (tertiary/aromatic N) is 2. The minimum Gasteiger partial charge on any atom is -0.262 e. The molecule has 1 aliphatic carbocycles. The summed E-state index contributed by atoms with van der Waals surface area (Å²) in [5.41, 5.74) is 1.24. The normalized spacial score (nSPS) is 18.0. The van der Waals surface area contributed by atoms with Gasteiger partial charge in [0.25, 0.3) is 0 Å². The lowest BCUT2D eigenvalue weighted by atomic mass is 9.84. The van der Waals surface area contributed by atoms with Crippen molar-refractivity contribution in [1.82, 2.24) is 19.9 Å². The van der Waals surface area contributed by atoms with Gasteiger partial charge in [0.05, 0.1) is 10.9 Å². The maximum absolute atomic E-state index is 12.5. The van der Waals surface area contributed by atoms with E-state index in [4.69, 9.17) is 0 Å². The highest BCUT2D eigenvalue weighted by Crippen LogP contribution is 2.32. The Bertz CT molecular complexity index is 720. The minimum atomic E-state index is -3.57. The maximum atomic E-state index is 12.5. The Morgan fingerprint density at radius 2 is 1.87 bits per heavy atom. The number of sulfonamides is 1. The summed E-state index contributed by atoms with van der Waals surface area (Å²) in [5.74, 6) is 1.06. The Morgan fingerprint density at radius 1 is 1.17 bits per heavy atom. The highest BCUT2D eigenvalue weighted by Gasteiger charge is 2.21. The molecule has 1 aromatic heterocycles. The van der Waals surface area contributed by atoms with Crippen LogP contribution in [0.5, 0.6) is 0 Å². The molecule has 2 N–H and O–H groups in total. The molecule has 0 aliphatic heterocycles. The van der Waals surface area contributed by atoms with Crippen LogP contribution in [0.2, 0.25) is 0 Å². The fraction of sp³-hybridized carbons (Fsp3) is 0.500. The molecular weight excluding hydrogens is 312 g/mol. The molecule has 124 valence electrons. The van der Waals surface area contributed by atoms with Gasteiger partial charge in [0.2, 0.25) is 10.0 Å². The lowest BCUT2D eigenvalue weighted by Gasteiger charge is -2.22. The van der Waals surface area contributed by atoms with Gasteiger partial charge in [-0.2, -0.15) is 5.10 Å². The highest BCUT2D eigenvalue weighted by molar-refractivity contribution is 7.89. The van der Waals surface area contributed by atoms with E-state index in [1.165, 1.54) is 44.0 Å². The third-order valence-corrected chi connectivity index (χ3v) is 6.00. The number of rotatable bonds is 5. The number of hydrogen-bond donors (Lipinski definition) is 2. The van der Waals surface area contributed by atoms with E-state index < -0.39 is 16.1 Å². The Labute approximate surface area is 136 Å². The summed E-state index contributed by atoms with van der Waals surface area (Å²) in [7, 11) is -3.57. The second kappa shape index (κ2) is 6.80. The zero-order chi connectivity index (χ0) is 16.3. The van der Waals surface area contributed by atoms with Crippen molar-refractivity contribution in [2.75, 3.05) is 0 Å². The molecule has 0 bridgehead atoms. The Hall–Kier alpha value is -1.73. The van der Waals surface area contributed by atoms with E-state index in [2.05, 4.69) is 19.9 Å². The average Bonchev–Trinajstić information content (AvgIpc) is 3.10. The molecule has 0 radical (unpaired) electrons. The van der Waals surface area contributed by atoms with Crippen molar-refractivity contribution in [3.05, 3.63) is 42.0 Å². The molecule has 1 fully saturated rings. The maximum Gasteiger partial charge on any atom is 0.241 e. The quantitative estimate of drug-likeness (QED) is 0.880. The molecule has 1 aliphatic rings. The third kappa shape index (κ3) is 3.79. The van der Waals surface area contributed by atoms with Gasteiger partial charge in [-0.1, -0.05) is 31.4 Å². The smallest absolute Gasteiger partial charge is 0.241 e. The molecule has 1 atom stereocenters. The molecule has 1 heterocycles. The Morgan fingerprint density at radius 3 is 2.48 bits per heavy atom. The molecule has 1 saturated carbocycles. The predicted octanol–water partition coefficient (Wildman–Crippen LogP) is 2.89. The molecule has 0 amide bonds. The summed E-state index contributed by atoms with van der Waals surface area (Å²) in [6.45, 7) is 1.73. The van der Waals surface area contributed by atoms with E-state index >= 15 is 0 Å². The van der Waals surface area contributed by atoms with E-state index in [1.807, 2.05) is 12.1 Å². The lowest BCUT2D eigenvalue weighted by molar-refractivity contribution is 0.443. The molecule has 23 heavy (non-hydrogen) atoms. The first kappa shape index (κ1) is 16.1. The van der Waals surface area contributed by atoms with Crippen LogP contribution in [0.15, 0.2) is 35.5 Å². The van der Waals surface area contributed by atoms with E-state index in [9.17, 15) is 8.42 Å². The van der Waals surface area contributed by atoms with Crippen molar-refractivity contribution in [3.63, 3.8) is 0 Å². The summed E-state index contributed by atoms with van der Waals surface area (Å²) >= 11 is 0. The highest BCUT2D eigenvalue weighted by atomic mass is 32.2. The molecule has 1 aromatic carbocycles. The second-order valence-electron chi connectivity index (χ2n) is 6.12. The molecule has 0 saturated heterocycles. The largest absolute Gasteiger partial charge is 0.262 e. The number of aromatic amines is 1. The summed E-state index contributed by atoms with van der Waals surface area (Å²) in [4.78, 5) is 4.26. The second-order valence-corrected chi connectivity index (χ2v) is 7.83. The van der Waals surface area contributed by atoms with Crippen LogP contribution in [0.25, 0.3) is 0 Å². The van der Waals surface area contributed by atoms with Gasteiger partial charge < -0.3 is 0 Å². The zero-order valence-electron chi connectivity index (χ0n) is 13.2. The molecule has 7 heteroatoms. The van der Waals surface area contributed by atoms with Crippen LogP contribution < -0.4 is 4.72 Å². The minimum absolute atomic E-state index is 0.281. The van der Waals surface area contributed by atoms with E-state index in [0.717, 1.165) is 0 Å². The van der Waals surface area contributed by atoms with Crippen LogP contribution >= 0.6 is 0 Å². The van der Waals surface area contributed by atoms with E-state index in [1.54, 1.807) is 19.1 Å². The fourth-order valence-corrected chi connectivity index (χ4v) is 4.34. The molecule has 6 nitrogen and oxygen atoms in total. The Kier molecular flexibility index (Phi) is 4.77. The average molecular weight is 334 g/mol. The van der Waals surface area contributed by atoms with Crippen molar-refractivity contribution < 1.29 is 8.42 Å². The van der Waals surface area contributed by atoms with Gasteiger partial charge in [0.15, 0.2) is 0 Å². The SMILES string of the molecule is CC(NS(=O)(=O)c1ccc(C2CCCCC2)cc1)c1ncn[nH]1. The molecule has 2 aromatic rings. The van der Waals surface area contributed by atoms with Crippen LogP contribution in [0.3, 0.4) is 0 Å². The van der Waals surface area contributed by atoms with Crippen LogP contribution in [-0.2, 0) is 10.0 Å².